The second kappa shape index (κ2) is 7.07. The summed E-state index contributed by atoms with van der Waals surface area (Å²) in [4.78, 5) is 33.7. The number of fused-ring (bicyclic) bond motifs is 1. The van der Waals surface area contributed by atoms with E-state index >= 15 is 0 Å². The molecule has 0 spiro atoms. The van der Waals surface area contributed by atoms with Crippen LogP contribution < -0.4 is 10.6 Å². The van der Waals surface area contributed by atoms with Gasteiger partial charge in [-0.05, 0) is 36.6 Å². The molecule has 2 amide bonds. The van der Waals surface area contributed by atoms with Crippen LogP contribution in [0.5, 0.6) is 0 Å². The molecule has 0 aromatic carbocycles. The zero-order chi connectivity index (χ0) is 19.8. The van der Waals surface area contributed by atoms with E-state index in [9.17, 15) is 9.59 Å². The van der Waals surface area contributed by atoms with Gasteiger partial charge in [-0.1, -0.05) is 6.92 Å². The SMILES string of the molecule is CNC(=O)c1cc(C(=O)NC2CC2)cc([C@@H](C)c2cncc3c2ccn3C)n1. The molecular weight excluding hydrogens is 354 g/mol. The van der Waals surface area contributed by atoms with Gasteiger partial charge < -0.3 is 15.2 Å². The highest BCUT2D eigenvalue weighted by atomic mass is 16.2. The van der Waals surface area contributed by atoms with Crippen molar-refractivity contribution in [3.8, 4) is 0 Å². The summed E-state index contributed by atoms with van der Waals surface area (Å²) in [6.45, 7) is 2.02. The van der Waals surface area contributed by atoms with Crippen molar-refractivity contribution in [1.29, 1.82) is 0 Å². The number of aryl methyl sites for hydroxylation is 1. The number of carbonyl (C=O) groups is 2. The Bertz CT molecular complexity index is 1070. The van der Waals surface area contributed by atoms with Crippen molar-refractivity contribution in [1.82, 2.24) is 25.2 Å². The molecule has 2 N–H and O–H groups in total. The van der Waals surface area contributed by atoms with Crippen LogP contribution in [0.15, 0.2) is 36.8 Å². The van der Waals surface area contributed by atoms with E-state index in [4.69, 9.17) is 0 Å². The number of hydrogen-bond donors (Lipinski definition) is 2. The van der Waals surface area contributed by atoms with Crippen LogP contribution >= 0.6 is 0 Å². The molecule has 144 valence electrons. The summed E-state index contributed by atoms with van der Waals surface area (Å²) in [7, 11) is 3.53. The fourth-order valence-corrected chi connectivity index (χ4v) is 3.35. The largest absolute Gasteiger partial charge is 0.354 e. The van der Waals surface area contributed by atoms with Gasteiger partial charge in [0.15, 0.2) is 0 Å². The molecule has 0 unspecified atom stereocenters. The standard InChI is InChI=1S/C21H23N5O2/c1-12(16-10-23-11-19-15(16)6-7-26(19)3)17-8-13(20(27)24-14-4-5-14)9-18(25-17)21(28)22-2/h6-12,14H,4-5H2,1-3H3,(H,22,28)(H,24,27)/t12-/m0/s1. The Labute approximate surface area is 163 Å². The Kier molecular flexibility index (Phi) is 4.58. The van der Waals surface area contributed by atoms with E-state index in [0.717, 1.165) is 29.3 Å². The molecule has 0 aliphatic heterocycles. The summed E-state index contributed by atoms with van der Waals surface area (Å²) in [5.74, 6) is -0.610. The fourth-order valence-electron chi connectivity index (χ4n) is 3.35. The summed E-state index contributed by atoms with van der Waals surface area (Å²) in [5, 5.41) is 6.65. The minimum Gasteiger partial charge on any atom is -0.354 e. The number of pyridine rings is 2. The van der Waals surface area contributed by atoms with E-state index < -0.39 is 0 Å². The number of hydrogen-bond acceptors (Lipinski definition) is 4. The van der Waals surface area contributed by atoms with Crippen LogP contribution in [0.3, 0.4) is 0 Å². The number of rotatable bonds is 5. The van der Waals surface area contributed by atoms with E-state index in [1.165, 1.54) is 0 Å². The minimum absolute atomic E-state index is 0.129. The van der Waals surface area contributed by atoms with Crippen LogP contribution in [-0.2, 0) is 7.05 Å². The molecule has 1 aliphatic rings. The summed E-state index contributed by atoms with van der Waals surface area (Å²) in [6.07, 6.45) is 7.65. The summed E-state index contributed by atoms with van der Waals surface area (Å²) in [6, 6.07) is 5.61. The highest BCUT2D eigenvalue weighted by Gasteiger charge is 2.25. The first-order valence-corrected chi connectivity index (χ1v) is 9.41. The lowest BCUT2D eigenvalue weighted by Crippen LogP contribution is -2.27. The number of carbonyl (C=O) groups excluding carboxylic acids is 2. The molecule has 3 aromatic heterocycles. The fraction of sp³-hybridized carbons (Fsp3) is 0.333. The van der Waals surface area contributed by atoms with Gasteiger partial charge >= 0.3 is 0 Å². The zero-order valence-corrected chi connectivity index (χ0v) is 16.2. The third-order valence-electron chi connectivity index (χ3n) is 5.23. The number of nitrogens with zero attached hydrogens (tertiary/aromatic N) is 3. The highest BCUT2D eigenvalue weighted by Crippen LogP contribution is 2.30. The monoisotopic (exact) mass is 377 g/mol. The molecule has 3 aromatic rings. The molecule has 7 heteroatoms. The van der Waals surface area contributed by atoms with Crippen LogP contribution in [0.2, 0.25) is 0 Å². The van der Waals surface area contributed by atoms with E-state index in [1.54, 1.807) is 19.2 Å². The third-order valence-corrected chi connectivity index (χ3v) is 5.23. The van der Waals surface area contributed by atoms with E-state index in [-0.39, 0.29) is 29.5 Å². The molecular formula is C21H23N5O2. The van der Waals surface area contributed by atoms with Crippen LogP contribution in [0, 0.1) is 0 Å². The maximum Gasteiger partial charge on any atom is 0.269 e. The minimum atomic E-state index is -0.314. The maximum atomic E-state index is 12.6. The summed E-state index contributed by atoms with van der Waals surface area (Å²) < 4.78 is 2.02. The average Bonchev–Trinajstić information content (AvgIpc) is 3.46. The van der Waals surface area contributed by atoms with Gasteiger partial charge in [0, 0.05) is 55.1 Å². The molecule has 1 atom stereocenters. The normalized spacial score (nSPS) is 14.7. The molecule has 0 radical (unpaired) electrons. The molecule has 4 rings (SSSR count). The highest BCUT2D eigenvalue weighted by molar-refractivity contribution is 5.99. The van der Waals surface area contributed by atoms with Crippen LogP contribution in [0.4, 0.5) is 0 Å². The lowest BCUT2D eigenvalue weighted by molar-refractivity contribution is 0.0951. The molecule has 0 bridgehead atoms. The van der Waals surface area contributed by atoms with Crippen LogP contribution in [0.1, 0.15) is 57.8 Å². The van der Waals surface area contributed by atoms with Crippen molar-refractivity contribution >= 4 is 22.7 Å². The molecule has 1 aliphatic carbocycles. The number of amides is 2. The lowest BCUT2D eigenvalue weighted by Gasteiger charge is -2.15. The van der Waals surface area contributed by atoms with Crippen LogP contribution in [0.25, 0.3) is 10.9 Å². The van der Waals surface area contributed by atoms with Crippen molar-refractivity contribution in [3.63, 3.8) is 0 Å². The molecule has 1 fully saturated rings. The van der Waals surface area contributed by atoms with Crippen molar-refractivity contribution in [2.24, 2.45) is 7.05 Å². The third kappa shape index (κ3) is 3.35. The first kappa shape index (κ1) is 18.2. The zero-order valence-electron chi connectivity index (χ0n) is 16.2. The van der Waals surface area contributed by atoms with Gasteiger partial charge in [0.1, 0.15) is 5.69 Å². The van der Waals surface area contributed by atoms with Gasteiger partial charge in [0.05, 0.1) is 11.7 Å². The molecule has 28 heavy (non-hydrogen) atoms. The van der Waals surface area contributed by atoms with Crippen molar-refractivity contribution in [2.45, 2.75) is 31.7 Å². The van der Waals surface area contributed by atoms with Gasteiger partial charge in [0.2, 0.25) is 0 Å². The first-order chi connectivity index (χ1) is 13.5. The summed E-state index contributed by atoms with van der Waals surface area (Å²) in [5.41, 5.74) is 3.39. The second-order valence-electron chi connectivity index (χ2n) is 7.30. The van der Waals surface area contributed by atoms with Crippen LogP contribution in [-0.4, -0.2) is 39.4 Å². The molecule has 7 nitrogen and oxygen atoms in total. The first-order valence-electron chi connectivity index (χ1n) is 9.41. The topological polar surface area (TPSA) is 88.9 Å². The van der Waals surface area contributed by atoms with Gasteiger partial charge in [-0.15, -0.1) is 0 Å². The molecule has 0 saturated heterocycles. The van der Waals surface area contributed by atoms with Crippen molar-refractivity contribution in [3.05, 3.63) is 59.3 Å². The van der Waals surface area contributed by atoms with Gasteiger partial charge in [-0.3, -0.25) is 14.6 Å². The molecule has 3 heterocycles. The second-order valence-corrected chi connectivity index (χ2v) is 7.30. The maximum absolute atomic E-state index is 12.6. The predicted molar refractivity (Wildman–Crippen MR) is 106 cm³/mol. The predicted octanol–water partition coefficient (Wildman–Crippen LogP) is 2.37. The average molecular weight is 377 g/mol. The van der Waals surface area contributed by atoms with E-state index in [0.29, 0.717) is 11.3 Å². The number of nitrogens with one attached hydrogen (secondary N) is 2. The Hall–Kier alpha value is -3.22. The Morgan fingerprint density at radius 3 is 2.71 bits per heavy atom. The smallest absolute Gasteiger partial charge is 0.269 e. The van der Waals surface area contributed by atoms with E-state index in [2.05, 4.69) is 20.6 Å². The van der Waals surface area contributed by atoms with Gasteiger partial charge in [-0.25, -0.2) is 4.98 Å². The number of aromatic nitrogens is 3. The Morgan fingerprint density at radius 1 is 1.21 bits per heavy atom. The summed E-state index contributed by atoms with van der Waals surface area (Å²) >= 11 is 0. The Balaban J connectivity index is 1.78. The van der Waals surface area contributed by atoms with Gasteiger partial charge in [-0.2, -0.15) is 0 Å². The lowest BCUT2D eigenvalue weighted by atomic mass is 9.94. The van der Waals surface area contributed by atoms with Gasteiger partial charge in [0.25, 0.3) is 11.8 Å². The van der Waals surface area contributed by atoms with Crippen molar-refractivity contribution in [2.75, 3.05) is 7.05 Å². The van der Waals surface area contributed by atoms with E-state index in [1.807, 2.05) is 43.2 Å². The quantitative estimate of drug-likeness (QED) is 0.714. The van der Waals surface area contributed by atoms with Crippen molar-refractivity contribution < 1.29 is 9.59 Å². The molecule has 1 saturated carbocycles. The Morgan fingerprint density at radius 2 is 2.00 bits per heavy atom.